The molecular weight excluding hydrogens is 604 g/mol. The molecule has 12 heteroatoms. The topological polar surface area (TPSA) is 125 Å². The fourth-order valence-electron chi connectivity index (χ4n) is 7.69. The molecule has 0 bridgehead atoms. The van der Waals surface area contributed by atoms with Gasteiger partial charge in [-0.2, -0.15) is 17.3 Å². The maximum Gasteiger partial charge on any atom is 0.315 e. The minimum atomic E-state index is -0.0470. The van der Waals surface area contributed by atoms with E-state index >= 15 is 0 Å². The van der Waals surface area contributed by atoms with Crippen molar-refractivity contribution in [3.63, 3.8) is 0 Å². The summed E-state index contributed by atoms with van der Waals surface area (Å²) in [6.07, 6.45) is 15.5. The van der Waals surface area contributed by atoms with Gasteiger partial charge in [0.2, 0.25) is 5.91 Å². The molecule has 11 nitrogen and oxygen atoms in total. The molecular formula is C34H64N6O5S. The van der Waals surface area contributed by atoms with Crippen molar-refractivity contribution in [3.05, 3.63) is 0 Å². The van der Waals surface area contributed by atoms with Gasteiger partial charge in [0.1, 0.15) is 0 Å². The summed E-state index contributed by atoms with van der Waals surface area (Å²) in [6, 6.07) is 0.448. The Bertz CT molecular complexity index is 900. The molecule has 46 heavy (non-hydrogen) atoms. The first-order valence-corrected chi connectivity index (χ1v) is 19.3. The van der Waals surface area contributed by atoms with Crippen LogP contribution in [-0.2, 0) is 19.0 Å². The number of hydrogen-bond donors (Lipinski definition) is 5. The molecule has 3 heterocycles. The number of urea groups is 1. The van der Waals surface area contributed by atoms with Gasteiger partial charge in [-0.1, -0.05) is 65.7 Å². The molecule has 0 aromatic carbocycles. The zero-order valence-corrected chi connectivity index (χ0v) is 29.8. The maximum absolute atomic E-state index is 12.1. The number of ether oxygens (including phenoxy) is 3. The van der Waals surface area contributed by atoms with Crippen LogP contribution in [-0.4, -0.2) is 105 Å². The molecule has 0 radical (unpaired) electrons. The van der Waals surface area contributed by atoms with Gasteiger partial charge in [0.05, 0.1) is 57.3 Å². The fourth-order valence-corrected chi connectivity index (χ4v) is 9.24. The van der Waals surface area contributed by atoms with Gasteiger partial charge in [0.15, 0.2) is 0 Å². The van der Waals surface area contributed by atoms with E-state index < -0.39 is 0 Å². The highest BCUT2D eigenvalue weighted by molar-refractivity contribution is 8.00. The van der Waals surface area contributed by atoms with Crippen molar-refractivity contribution < 1.29 is 23.8 Å². The molecule has 1 saturated carbocycles. The first kappa shape index (κ1) is 37.7. The van der Waals surface area contributed by atoms with Crippen LogP contribution in [0.15, 0.2) is 0 Å². The molecule has 3 unspecified atom stereocenters. The number of rotatable bonds is 19. The first-order valence-electron chi connectivity index (χ1n) is 18.2. The number of nitrogens with one attached hydrogen (secondary N) is 5. The largest absolute Gasteiger partial charge is 0.378 e. The first-order chi connectivity index (χ1) is 22.2. The normalized spacial score (nSPS) is 27.9. The summed E-state index contributed by atoms with van der Waals surface area (Å²) in [4.78, 5) is 23.6. The Kier molecular flexibility index (Phi) is 16.2. The lowest BCUT2D eigenvalue weighted by molar-refractivity contribution is -0.121. The number of carbonyl (C=O) groups excluding carboxylic acids is 2. The van der Waals surface area contributed by atoms with Crippen LogP contribution in [0.2, 0.25) is 0 Å². The van der Waals surface area contributed by atoms with Crippen LogP contribution in [0.4, 0.5) is 4.79 Å². The zero-order valence-electron chi connectivity index (χ0n) is 29.0. The van der Waals surface area contributed by atoms with Crippen LogP contribution in [0.5, 0.6) is 0 Å². The summed E-state index contributed by atoms with van der Waals surface area (Å²) in [7, 11) is 0. The summed E-state index contributed by atoms with van der Waals surface area (Å²) >= 11 is 1.92. The van der Waals surface area contributed by atoms with Gasteiger partial charge in [0, 0.05) is 37.1 Å². The van der Waals surface area contributed by atoms with Gasteiger partial charge in [-0.3, -0.25) is 4.79 Å². The standard InChI is InChI=1S/C34H64N6O5S/c1-33(2,3)25-34(27-12-8-6-4-5-7-9-13-27)26-40(39-38-34)17-19-44-21-23-45-22-20-43-18-16-35-30(41)15-11-10-14-29-31-28(24-46-29)36-32(42)37-31/h27-29,31,38-39H,4-26H2,1-3H3,(H,35,41)(H2,36,37,42)/t28?,29-,31?,34?/m0/s1. The van der Waals surface area contributed by atoms with Crippen molar-refractivity contribution in [3.8, 4) is 0 Å². The molecule has 0 aromatic rings. The molecule has 4 fully saturated rings. The molecule has 3 amide bonds. The Labute approximate surface area is 282 Å². The van der Waals surface area contributed by atoms with E-state index in [0.29, 0.717) is 63.8 Å². The van der Waals surface area contributed by atoms with Crippen molar-refractivity contribution in [1.29, 1.82) is 0 Å². The van der Waals surface area contributed by atoms with E-state index in [1.165, 1.54) is 57.8 Å². The minimum Gasteiger partial charge on any atom is -0.378 e. The molecule has 0 aromatic heterocycles. The van der Waals surface area contributed by atoms with E-state index in [0.717, 1.165) is 38.1 Å². The van der Waals surface area contributed by atoms with E-state index in [1.54, 1.807) is 0 Å². The monoisotopic (exact) mass is 668 g/mol. The Balaban J connectivity index is 0.953. The number of hydrogen-bond acceptors (Lipinski definition) is 9. The summed E-state index contributed by atoms with van der Waals surface area (Å²) in [6.45, 7) is 12.8. The zero-order chi connectivity index (χ0) is 32.7. The molecule has 3 saturated heterocycles. The number of carbonyl (C=O) groups is 2. The van der Waals surface area contributed by atoms with Crippen LogP contribution in [0, 0.1) is 11.3 Å². The molecule has 4 aliphatic rings. The van der Waals surface area contributed by atoms with Crippen molar-refractivity contribution in [1.82, 2.24) is 31.9 Å². The summed E-state index contributed by atoms with van der Waals surface area (Å²) < 4.78 is 17.1. The van der Waals surface area contributed by atoms with Gasteiger partial charge in [0.25, 0.3) is 0 Å². The van der Waals surface area contributed by atoms with Crippen LogP contribution >= 0.6 is 11.8 Å². The molecule has 266 valence electrons. The average molecular weight is 669 g/mol. The second-order valence-electron chi connectivity index (χ2n) is 15.0. The number of hydrazine groups is 2. The molecule has 0 spiro atoms. The predicted octanol–water partition coefficient (Wildman–Crippen LogP) is 4.13. The fraction of sp³-hybridized carbons (Fsp3) is 0.941. The molecule has 3 aliphatic heterocycles. The highest BCUT2D eigenvalue weighted by Crippen LogP contribution is 2.40. The van der Waals surface area contributed by atoms with E-state index in [9.17, 15) is 9.59 Å². The molecule has 4 rings (SSSR count). The van der Waals surface area contributed by atoms with E-state index in [4.69, 9.17) is 14.2 Å². The quantitative estimate of drug-likeness (QED) is 0.102. The van der Waals surface area contributed by atoms with Crippen molar-refractivity contribution in [2.24, 2.45) is 11.3 Å². The molecule has 5 N–H and O–H groups in total. The van der Waals surface area contributed by atoms with Gasteiger partial charge < -0.3 is 30.2 Å². The lowest BCUT2D eigenvalue weighted by Crippen LogP contribution is -2.53. The Morgan fingerprint density at radius 3 is 2.33 bits per heavy atom. The summed E-state index contributed by atoms with van der Waals surface area (Å²) in [5, 5.41) is 11.7. The van der Waals surface area contributed by atoms with E-state index in [1.807, 2.05) is 11.8 Å². The second-order valence-corrected chi connectivity index (χ2v) is 16.3. The Morgan fingerprint density at radius 1 is 0.935 bits per heavy atom. The van der Waals surface area contributed by atoms with Crippen LogP contribution in [0.1, 0.15) is 104 Å². The third-order valence-corrected chi connectivity index (χ3v) is 11.3. The SMILES string of the molecule is CC(C)(C)CC1(C2CCCCCCCC2)CN(CCOCCOCCOCCNC(=O)CCCC[C@@H]2SCC3NC(=O)NC32)NN1. The third-order valence-electron chi connectivity index (χ3n) is 9.82. The van der Waals surface area contributed by atoms with Crippen molar-refractivity contribution >= 4 is 23.7 Å². The summed E-state index contributed by atoms with van der Waals surface area (Å²) in [5.41, 5.74) is 7.67. The highest BCUT2D eigenvalue weighted by atomic mass is 32.2. The number of nitrogens with zero attached hydrogens (tertiary/aromatic N) is 1. The number of fused-ring (bicyclic) bond motifs is 1. The third kappa shape index (κ3) is 13.0. The van der Waals surface area contributed by atoms with Crippen molar-refractivity contribution in [2.45, 2.75) is 127 Å². The number of amides is 3. The number of thioether (sulfide) groups is 1. The predicted molar refractivity (Wildman–Crippen MR) is 184 cm³/mol. The number of unbranched alkanes of at least 4 members (excludes halogenated alkanes) is 1. The van der Waals surface area contributed by atoms with E-state index in [2.05, 4.69) is 52.7 Å². The van der Waals surface area contributed by atoms with Gasteiger partial charge in [-0.15, -0.1) is 0 Å². The summed E-state index contributed by atoms with van der Waals surface area (Å²) in [5.74, 6) is 1.75. The average Bonchev–Trinajstić information content (AvgIpc) is 3.71. The van der Waals surface area contributed by atoms with Crippen LogP contribution < -0.4 is 26.9 Å². The van der Waals surface area contributed by atoms with Gasteiger partial charge in [-0.05, 0) is 43.4 Å². The smallest absolute Gasteiger partial charge is 0.315 e. The second kappa shape index (κ2) is 19.7. The highest BCUT2D eigenvalue weighted by Gasteiger charge is 2.46. The van der Waals surface area contributed by atoms with Crippen LogP contribution in [0.25, 0.3) is 0 Å². The van der Waals surface area contributed by atoms with Crippen LogP contribution in [0.3, 0.4) is 0 Å². The lowest BCUT2D eigenvalue weighted by atomic mass is 9.70. The minimum absolute atomic E-state index is 0.0470. The van der Waals surface area contributed by atoms with Gasteiger partial charge >= 0.3 is 6.03 Å². The molecule has 4 atom stereocenters. The van der Waals surface area contributed by atoms with Gasteiger partial charge in [-0.25, -0.2) is 15.2 Å². The Hall–Kier alpha value is -1.15. The molecule has 1 aliphatic carbocycles. The maximum atomic E-state index is 12.1. The van der Waals surface area contributed by atoms with E-state index in [-0.39, 0.29) is 35.0 Å². The van der Waals surface area contributed by atoms with Crippen molar-refractivity contribution in [2.75, 3.05) is 65.0 Å². The Morgan fingerprint density at radius 2 is 1.61 bits per heavy atom. The lowest BCUT2D eigenvalue weighted by Gasteiger charge is -2.41.